The highest BCUT2D eigenvalue weighted by molar-refractivity contribution is 6.24. The molecule has 4 atom stereocenters. The van der Waals surface area contributed by atoms with Crippen LogP contribution in [-0.2, 0) is 9.59 Å². The van der Waals surface area contributed by atoms with Gasteiger partial charge >= 0.3 is 0 Å². The van der Waals surface area contributed by atoms with Crippen molar-refractivity contribution in [1.29, 1.82) is 0 Å². The smallest absolute Gasteiger partial charge is 0.270 e. The van der Waals surface area contributed by atoms with Crippen LogP contribution in [0.15, 0.2) is 65.8 Å². The number of nitro benzene ring substituents is 2. The van der Waals surface area contributed by atoms with Gasteiger partial charge in [-0.2, -0.15) is 5.10 Å². The highest BCUT2D eigenvalue weighted by Crippen LogP contribution is 2.46. The van der Waals surface area contributed by atoms with Gasteiger partial charge in [-0.3, -0.25) is 39.6 Å². The minimum atomic E-state index is -1.15. The van der Waals surface area contributed by atoms with E-state index in [0.717, 1.165) is 11.0 Å². The number of hydrogen-bond donors (Lipinski definition) is 0. The van der Waals surface area contributed by atoms with Crippen LogP contribution in [0.3, 0.4) is 0 Å². The van der Waals surface area contributed by atoms with Crippen molar-refractivity contribution in [2.45, 2.75) is 12.1 Å². The number of Topliss-reactive ketones (excluding diaryl/α,β-unsaturated/α-hetero) is 1. The van der Waals surface area contributed by atoms with Crippen molar-refractivity contribution in [3.63, 3.8) is 0 Å². The van der Waals surface area contributed by atoms with Crippen LogP contribution < -0.4 is 4.90 Å². The molecule has 0 saturated carbocycles. The maximum atomic E-state index is 13.5. The average molecular weight is 461 g/mol. The number of ketones is 1. The zero-order chi connectivity index (χ0) is 24.1. The standard InChI is InChI=1S/C22H15N5O7/c28-20(12-3-1-4-15(11-12)27(33)34)19-18-17(16-5-2-10-23-25(16)19)21(29)24(22(18)30)13-6-8-14(9-7-13)26(31)32/h1-11,16-19H/t16-,17+,18-,19+/m1/s1. The lowest BCUT2D eigenvalue weighted by Gasteiger charge is -2.30. The van der Waals surface area contributed by atoms with Gasteiger partial charge in [0.15, 0.2) is 5.78 Å². The molecule has 12 heteroatoms. The van der Waals surface area contributed by atoms with Crippen LogP contribution in [0.5, 0.6) is 0 Å². The molecule has 3 heterocycles. The van der Waals surface area contributed by atoms with Gasteiger partial charge in [0.1, 0.15) is 6.04 Å². The molecule has 0 aliphatic carbocycles. The number of imide groups is 1. The van der Waals surface area contributed by atoms with Gasteiger partial charge < -0.3 is 0 Å². The number of carbonyl (C=O) groups is 3. The fourth-order valence-electron chi connectivity index (χ4n) is 4.76. The summed E-state index contributed by atoms with van der Waals surface area (Å²) >= 11 is 0. The fraction of sp³-hybridized carbons (Fsp3) is 0.182. The molecule has 0 unspecified atom stereocenters. The number of fused-ring (bicyclic) bond motifs is 3. The van der Waals surface area contributed by atoms with Crippen LogP contribution in [0.25, 0.3) is 0 Å². The molecule has 0 spiro atoms. The molecule has 3 aliphatic heterocycles. The second-order valence-electron chi connectivity index (χ2n) is 7.97. The monoisotopic (exact) mass is 461 g/mol. The van der Waals surface area contributed by atoms with E-state index < -0.39 is 51.4 Å². The summed E-state index contributed by atoms with van der Waals surface area (Å²) in [5.41, 5.74) is -0.290. The predicted octanol–water partition coefficient (Wildman–Crippen LogP) is 2.10. The van der Waals surface area contributed by atoms with E-state index in [0.29, 0.717) is 0 Å². The summed E-state index contributed by atoms with van der Waals surface area (Å²) in [5.74, 6) is -3.75. The normalized spacial score (nSPS) is 24.8. The summed E-state index contributed by atoms with van der Waals surface area (Å²) < 4.78 is 0. The summed E-state index contributed by atoms with van der Waals surface area (Å²) in [4.78, 5) is 62.2. The molecular weight excluding hydrogens is 446 g/mol. The lowest BCUT2D eigenvalue weighted by Crippen LogP contribution is -2.46. The Hall–Kier alpha value is -4.74. The number of nitro groups is 2. The van der Waals surface area contributed by atoms with E-state index in [4.69, 9.17) is 0 Å². The van der Waals surface area contributed by atoms with Crippen LogP contribution in [0.2, 0.25) is 0 Å². The van der Waals surface area contributed by atoms with Crippen molar-refractivity contribution in [2.24, 2.45) is 16.9 Å². The van der Waals surface area contributed by atoms with E-state index in [1.54, 1.807) is 12.2 Å². The molecule has 34 heavy (non-hydrogen) atoms. The first-order valence-corrected chi connectivity index (χ1v) is 10.2. The van der Waals surface area contributed by atoms with E-state index in [1.165, 1.54) is 53.7 Å². The fourth-order valence-corrected chi connectivity index (χ4v) is 4.76. The summed E-state index contributed by atoms with van der Waals surface area (Å²) in [6.45, 7) is 0. The number of non-ortho nitro benzene ring substituents is 2. The second-order valence-corrected chi connectivity index (χ2v) is 7.97. The largest absolute Gasteiger partial charge is 0.292 e. The molecule has 2 aromatic carbocycles. The number of carbonyl (C=O) groups excluding carboxylic acids is 3. The first-order valence-electron chi connectivity index (χ1n) is 10.2. The third-order valence-electron chi connectivity index (χ3n) is 6.22. The minimum absolute atomic E-state index is 0.0254. The maximum absolute atomic E-state index is 13.5. The van der Waals surface area contributed by atoms with E-state index in [1.807, 2.05) is 0 Å². The van der Waals surface area contributed by atoms with Gasteiger partial charge in [-0.1, -0.05) is 18.2 Å². The molecule has 0 bridgehead atoms. The lowest BCUT2D eigenvalue weighted by atomic mass is 9.86. The van der Waals surface area contributed by atoms with E-state index in [-0.39, 0.29) is 22.6 Å². The summed E-state index contributed by atoms with van der Waals surface area (Å²) in [6.07, 6.45) is 4.73. The third-order valence-corrected chi connectivity index (χ3v) is 6.22. The van der Waals surface area contributed by atoms with Gasteiger partial charge in [0.25, 0.3) is 11.4 Å². The van der Waals surface area contributed by atoms with Crippen LogP contribution >= 0.6 is 0 Å². The number of hydrogen-bond acceptors (Lipinski definition) is 9. The SMILES string of the molecule is O=C(c1cccc([N+](=O)[O-])c1)[C@@H]1[C@@H]2C(=O)N(c3ccc([N+](=O)[O-])cc3)C(=O)[C@H]2[C@H]2C=CC=NN21. The molecule has 3 aliphatic rings. The number of hydrazone groups is 1. The molecule has 12 nitrogen and oxygen atoms in total. The zero-order valence-corrected chi connectivity index (χ0v) is 17.3. The average Bonchev–Trinajstić information content (AvgIpc) is 3.31. The highest BCUT2D eigenvalue weighted by atomic mass is 16.6. The van der Waals surface area contributed by atoms with Crippen molar-refractivity contribution < 1.29 is 24.2 Å². The van der Waals surface area contributed by atoms with Crippen molar-refractivity contribution in [2.75, 3.05) is 4.90 Å². The van der Waals surface area contributed by atoms with Crippen molar-refractivity contribution in [3.05, 3.63) is 86.5 Å². The number of benzene rings is 2. The summed E-state index contributed by atoms with van der Waals surface area (Å²) in [5, 5.41) is 27.8. The third kappa shape index (κ3) is 3.07. The van der Waals surface area contributed by atoms with Gasteiger partial charge in [0.05, 0.1) is 33.4 Å². The number of nitrogens with zero attached hydrogens (tertiary/aromatic N) is 5. The molecule has 0 radical (unpaired) electrons. The van der Waals surface area contributed by atoms with Crippen molar-refractivity contribution >= 4 is 40.9 Å². The number of allylic oxidation sites excluding steroid dienone is 1. The number of rotatable bonds is 5. The summed E-state index contributed by atoms with van der Waals surface area (Å²) in [7, 11) is 0. The van der Waals surface area contributed by atoms with Crippen LogP contribution in [0, 0.1) is 32.1 Å². The Morgan fingerprint density at radius 2 is 1.59 bits per heavy atom. The Morgan fingerprint density at radius 3 is 2.26 bits per heavy atom. The number of amides is 2. The van der Waals surface area contributed by atoms with E-state index >= 15 is 0 Å². The highest BCUT2D eigenvalue weighted by Gasteiger charge is 2.64. The van der Waals surface area contributed by atoms with E-state index in [9.17, 15) is 34.6 Å². The van der Waals surface area contributed by atoms with Crippen molar-refractivity contribution in [3.8, 4) is 0 Å². The van der Waals surface area contributed by atoms with Gasteiger partial charge in [-0.05, 0) is 18.2 Å². The maximum Gasteiger partial charge on any atom is 0.270 e. The molecular formula is C22H15N5O7. The van der Waals surface area contributed by atoms with Gasteiger partial charge in [0.2, 0.25) is 11.8 Å². The predicted molar refractivity (Wildman–Crippen MR) is 117 cm³/mol. The molecule has 2 saturated heterocycles. The number of anilines is 1. The van der Waals surface area contributed by atoms with Gasteiger partial charge in [0, 0.05) is 36.0 Å². The minimum Gasteiger partial charge on any atom is -0.292 e. The first kappa shape index (κ1) is 21.1. The van der Waals surface area contributed by atoms with E-state index in [2.05, 4.69) is 5.10 Å². The van der Waals surface area contributed by atoms with Crippen molar-refractivity contribution in [1.82, 2.24) is 5.01 Å². The Balaban J connectivity index is 1.55. The molecule has 170 valence electrons. The molecule has 2 amide bonds. The zero-order valence-electron chi connectivity index (χ0n) is 17.3. The van der Waals surface area contributed by atoms with Gasteiger partial charge in [-0.25, -0.2) is 4.90 Å². The molecule has 0 N–H and O–H groups in total. The topological polar surface area (TPSA) is 156 Å². The quantitative estimate of drug-likeness (QED) is 0.284. The molecule has 5 rings (SSSR count). The van der Waals surface area contributed by atoms with Gasteiger partial charge in [-0.15, -0.1) is 0 Å². The molecule has 2 aromatic rings. The van der Waals surface area contributed by atoms with Crippen LogP contribution in [-0.4, -0.2) is 50.8 Å². The Bertz CT molecular complexity index is 1320. The molecule has 2 fully saturated rings. The van der Waals surface area contributed by atoms with Crippen LogP contribution in [0.1, 0.15) is 10.4 Å². The Labute approximate surface area is 191 Å². The molecule has 0 aromatic heterocycles. The summed E-state index contributed by atoms with van der Waals surface area (Å²) in [6, 6.07) is 8.33. The lowest BCUT2D eigenvalue weighted by molar-refractivity contribution is -0.385. The second kappa shape index (κ2) is 7.69. The Kier molecular flexibility index (Phi) is 4.78. The first-order chi connectivity index (χ1) is 16.3. The Morgan fingerprint density at radius 1 is 0.912 bits per heavy atom. The van der Waals surface area contributed by atoms with Crippen LogP contribution in [0.4, 0.5) is 17.1 Å².